The second-order valence-electron chi connectivity index (χ2n) is 7.99. The topological polar surface area (TPSA) is 67.4 Å². The van der Waals surface area contributed by atoms with Gasteiger partial charge in [0.15, 0.2) is 0 Å². The standard InChI is InChI=1S/C27H23N5S/c1-18-3-9-21(10-4-18)32(22-11-5-19(2)6-12-22)23-13-7-20(8-14-23)17-29-24-15-16-25-27(26(24)28)31-33-30-25/h3-17H,28H2,1-2H3. The molecule has 6 heteroatoms. The third-order valence-corrected chi connectivity index (χ3v) is 6.07. The molecule has 0 aliphatic carbocycles. The second-order valence-corrected chi connectivity index (χ2v) is 8.52. The van der Waals surface area contributed by atoms with Crippen LogP contribution in [0, 0.1) is 13.8 Å². The summed E-state index contributed by atoms with van der Waals surface area (Å²) in [4.78, 5) is 6.84. The molecule has 0 amide bonds. The summed E-state index contributed by atoms with van der Waals surface area (Å²) in [6.07, 6.45) is 1.82. The fraction of sp³-hybridized carbons (Fsp3) is 0.0741. The van der Waals surface area contributed by atoms with Crippen LogP contribution in [0.15, 0.2) is 89.9 Å². The molecule has 5 aromatic rings. The molecule has 0 saturated heterocycles. The van der Waals surface area contributed by atoms with E-state index in [-0.39, 0.29) is 0 Å². The van der Waals surface area contributed by atoms with Gasteiger partial charge in [0.05, 0.1) is 23.1 Å². The Morgan fingerprint density at radius 1 is 0.727 bits per heavy atom. The molecular formula is C27H23N5S. The van der Waals surface area contributed by atoms with Gasteiger partial charge in [0.1, 0.15) is 11.0 Å². The van der Waals surface area contributed by atoms with Gasteiger partial charge < -0.3 is 10.6 Å². The van der Waals surface area contributed by atoms with Gasteiger partial charge in [-0.15, -0.1) is 0 Å². The minimum atomic E-state index is 0.555. The smallest absolute Gasteiger partial charge is 0.129 e. The van der Waals surface area contributed by atoms with E-state index in [1.807, 2.05) is 18.3 Å². The van der Waals surface area contributed by atoms with Gasteiger partial charge in [-0.2, -0.15) is 8.75 Å². The number of rotatable bonds is 5. The van der Waals surface area contributed by atoms with E-state index in [1.165, 1.54) is 11.1 Å². The van der Waals surface area contributed by atoms with Crippen LogP contribution in [-0.4, -0.2) is 15.0 Å². The Morgan fingerprint density at radius 2 is 1.27 bits per heavy atom. The van der Waals surface area contributed by atoms with Gasteiger partial charge in [0, 0.05) is 23.3 Å². The van der Waals surface area contributed by atoms with Crippen molar-refractivity contribution in [2.45, 2.75) is 13.8 Å². The maximum Gasteiger partial charge on any atom is 0.129 e. The fourth-order valence-electron chi connectivity index (χ4n) is 3.66. The van der Waals surface area contributed by atoms with Gasteiger partial charge in [0.25, 0.3) is 0 Å². The van der Waals surface area contributed by atoms with E-state index in [0.29, 0.717) is 16.9 Å². The van der Waals surface area contributed by atoms with Crippen LogP contribution in [0.5, 0.6) is 0 Å². The average molecular weight is 450 g/mol. The van der Waals surface area contributed by atoms with Gasteiger partial charge in [-0.05, 0) is 67.9 Å². The van der Waals surface area contributed by atoms with Crippen LogP contribution in [0.3, 0.4) is 0 Å². The summed E-state index contributed by atoms with van der Waals surface area (Å²) in [7, 11) is 0. The van der Waals surface area contributed by atoms with Crippen molar-refractivity contribution in [2.75, 3.05) is 10.6 Å². The number of aromatic nitrogens is 2. The van der Waals surface area contributed by atoms with Crippen molar-refractivity contribution in [1.29, 1.82) is 0 Å². The first-order valence-electron chi connectivity index (χ1n) is 10.7. The van der Waals surface area contributed by atoms with E-state index in [4.69, 9.17) is 5.73 Å². The number of fused-ring (bicyclic) bond motifs is 1. The number of nitrogens with zero attached hydrogens (tertiary/aromatic N) is 4. The molecule has 33 heavy (non-hydrogen) atoms. The number of nitrogens with two attached hydrogens (primary N) is 1. The van der Waals surface area contributed by atoms with Crippen LogP contribution >= 0.6 is 11.7 Å². The summed E-state index contributed by atoms with van der Waals surface area (Å²) in [6, 6.07) is 29.3. The van der Waals surface area contributed by atoms with Crippen LogP contribution in [-0.2, 0) is 0 Å². The lowest BCUT2D eigenvalue weighted by atomic mass is 10.1. The first kappa shape index (κ1) is 20.8. The number of hydrogen-bond acceptors (Lipinski definition) is 6. The molecule has 0 atom stereocenters. The highest BCUT2D eigenvalue weighted by Gasteiger charge is 2.12. The highest BCUT2D eigenvalue weighted by molar-refractivity contribution is 7.00. The summed E-state index contributed by atoms with van der Waals surface area (Å²) in [6.45, 7) is 4.20. The minimum Gasteiger partial charge on any atom is -0.395 e. The highest BCUT2D eigenvalue weighted by Crippen LogP contribution is 2.35. The monoisotopic (exact) mass is 449 g/mol. The lowest BCUT2D eigenvalue weighted by molar-refractivity contribution is 1.27. The summed E-state index contributed by atoms with van der Waals surface area (Å²) < 4.78 is 8.48. The Hall–Kier alpha value is -4.03. The number of nitrogen functional groups attached to an aromatic ring is 1. The summed E-state index contributed by atoms with van der Waals surface area (Å²) >= 11 is 1.16. The summed E-state index contributed by atoms with van der Waals surface area (Å²) in [5, 5.41) is 0. The molecule has 0 radical (unpaired) electrons. The van der Waals surface area contributed by atoms with Crippen LogP contribution in [0.4, 0.5) is 28.4 Å². The fourth-order valence-corrected chi connectivity index (χ4v) is 4.21. The van der Waals surface area contributed by atoms with Gasteiger partial charge >= 0.3 is 0 Å². The first-order chi connectivity index (χ1) is 16.1. The molecule has 0 spiro atoms. The van der Waals surface area contributed by atoms with Crippen molar-refractivity contribution in [2.24, 2.45) is 4.99 Å². The van der Waals surface area contributed by atoms with Gasteiger partial charge in [-0.25, -0.2) is 0 Å². The van der Waals surface area contributed by atoms with E-state index in [2.05, 4.69) is 105 Å². The molecule has 0 saturated carbocycles. The maximum atomic E-state index is 6.23. The van der Waals surface area contributed by atoms with E-state index < -0.39 is 0 Å². The quantitative estimate of drug-likeness (QED) is 0.229. The van der Waals surface area contributed by atoms with Crippen molar-refractivity contribution in [3.8, 4) is 0 Å². The molecule has 2 N–H and O–H groups in total. The molecule has 5 rings (SSSR count). The number of aliphatic imine (C=N–C) groups is 1. The molecule has 162 valence electrons. The SMILES string of the molecule is Cc1ccc(N(c2ccc(C)cc2)c2ccc(C=Nc3ccc4nsnc4c3N)cc2)cc1. The second kappa shape index (κ2) is 8.84. The number of anilines is 4. The zero-order valence-corrected chi connectivity index (χ0v) is 19.3. The van der Waals surface area contributed by atoms with Gasteiger partial charge in [0.2, 0.25) is 0 Å². The third kappa shape index (κ3) is 4.33. The lowest BCUT2D eigenvalue weighted by Crippen LogP contribution is -2.09. The maximum absolute atomic E-state index is 6.23. The van der Waals surface area contributed by atoms with Crippen LogP contribution in [0.2, 0.25) is 0 Å². The minimum absolute atomic E-state index is 0.555. The predicted molar refractivity (Wildman–Crippen MR) is 140 cm³/mol. The number of hydrogen-bond donors (Lipinski definition) is 1. The van der Waals surface area contributed by atoms with Gasteiger partial charge in [-0.3, -0.25) is 4.99 Å². The van der Waals surface area contributed by atoms with Crippen molar-refractivity contribution >= 4 is 57.4 Å². The van der Waals surface area contributed by atoms with E-state index >= 15 is 0 Å². The Morgan fingerprint density at radius 3 is 1.85 bits per heavy atom. The molecule has 1 aromatic heterocycles. The van der Waals surface area contributed by atoms with Crippen molar-refractivity contribution in [3.63, 3.8) is 0 Å². The van der Waals surface area contributed by atoms with Crippen molar-refractivity contribution < 1.29 is 0 Å². The van der Waals surface area contributed by atoms with Crippen LogP contribution in [0.25, 0.3) is 11.0 Å². The van der Waals surface area contributed by atoms with E-state index in [0.717, 1.165) is 39.9 Å². The van der Waals surface area contributed by atoms with Crippen LogP contribution in [0.1, 0.15) is 16.7 Å². The Labute approximate surface area is 197 Å². The number of aryl methyl sites for hydroxylation is 2. The highest BCUT2D eigenvalue weighted by atomic mass is 32.1. The van der Waals surface area contributed by atoms with E-state index in [1.54, 1.807) is 0 Å². The molecule has 4 aromatic carbocycles. The van der Waals surface area contributed by atoms with Gasteiger partial charge in [-0.1, -0.05) is 47.5 Å². The average Bonchev–Trinajstić information content (AvgIpc) is 3.32. The molecular weight excluding hydrogens is 426 g/mol. The molecule has 0 aliphatic rings. The molecule has 0 aliphatic heterocycles. The third-order valence-electron chi connectivity index (χ3n) is 5.53. The Balaban J connectivity index is 1.46. The molecule has 0 fully saturated rings. The molecule has 1 heterocycles. The lowest BCUT2D eigenvalue weighted by Gasteiger charge is -2.25. The molecule has 0 bridgehead atoms. The molecule has 5 nitrogen and oxygen atoms in total. The zero-order valence-electron chi connectivity index (χ0n) is 18.4. The normalized spacial score (nSPS) is 11.3. The molecule has 0 unspecified atom stereocenters. The first-order valence-corrected chi connectivity index (χ1v) is 11.4. The van der Waals surface area contributed by atoms with E-state index in [9.17, 15) is 0 Å². The van der Waals surface area contributed by atoms with Crippen molar-refractivity contribution in [3.05, 3.63) is 102 Å². The summed E-state index contributed by atoms with van der Waals surface area (Å²) in [5.74, 6) is 0. The summed E-state index contributed by atoms with van der Waals surface area (Å²) in [5.41, 5.74) is 15.7. The Kier molecular flexibility index (Phi) is 5.59. The largest absolute Gasteiger partial charge is 0.395 e. The van der Waals surface area contributed by atoms with Crippen molar-refractivity contribution in [1.82, 2.24) is 8.75 Å². The number of benzene rings is 4. The predicted octanol–water partition coefficient (Wildman–Crippen LogP) is 7.11. The Bertz CT molecular complexity index is 1370. The van der Waals surface area contributed by atoms with Crippen LogP contribution < -0.4 is 10.6 Å². The zero-order chi connectivity index (χ0) is 22.8.